The molecule has 0 radical (unpaired) electrons. The molecule has 2 aliphatic rings. The molecule has 19 heavy (non-hydrogen) atoms. The maximum absolute atomic E-state index is 13.7. The average molecular weight is 264 g/mol. The van der Waals surface area contributed by atoms with E-state index in [4.69, 9.17) is 4.74 Å². The van der Waals surface area contributed by atoms with E-state index in [0.717, 1.165) is 32.6 Å². The summed E-state index contributed by atoms with van der Waals surface area (Å²) >= 11 is 0. The van der Waals surface area contributed by atoms with Gasteiger partial charge in [-0.05, 0) is 12.1 Å². The highest BCUT2D eigenvalue weighted by atomic mass is 19.1. The molecule has 0 bridgehead atoms. The second-order valence-electron chi connectivity index (χ2n) is 4.95. The lowest BCUT2D eigenvalue weighted by Crippen LogP contribution is -2.51. The van der Waals surface area contributed by atoms with Crippen LogP contribution in [-0.4, -0.2) is 49.7 Å². The monoisotopic (exact) mass is 264 g/mol. The minimum Gasteiger partial charge on any atom is -0.464 e. The second-order valence-corrected chi connectivity index (χ2v) is 4.95. The molecular weight excluding hydrogens is 247 g/mol. The van der Waals surface area contributed by atoms with E-state index in [-0.39, 0.29) is 17.8 Å². The number of halogens is 1. The van der Waals surface area contributed by atoms with Crippen molar-refractivity contribution in [1.82, 2.24) is 4.90 Å². The van der Waals surface area contributed by atoms with Crippen molar-refractivity contribution in [2.75, 3.05) is 37.7 Å². The van der Waals surface area contributed by atoms with Gasteiger partial charge in [-0.1, -0.05) is 12.1 Å². The van der Waals surface area contributed by atoms with Crippen LogP contribution in [0.2, 0.25) is 0 Å². The van der Waals surface area contributed by atoms with Crippen LogP contribution in [0.4, 0.5) is 10.1 Å². The van der Waals surface area contributed by atoms with E-state index >= 15 is 0 Å². The summed E-state index contributed by atoms with van der Waals surface area (Å²) in [5.41, 5.74) is 0.649. The molecule has 2 saturated heterocycles. The van der Waals surface area contributed by atoms with Crippen LogP contribution in [0.5, 0.6) is 0 Å². The lowest BCUT2D eigenvalue weighted by atomic mass is 10.1. The summed E-state index contributed by atoms with van der Waals surface area (Å²) in [6, 6.07) is 6.73. The van der Waals surface area contributed by atoms with E-state index in [2.05, 4.69) is 4.90 Å². The predicted molar refractivity (Wildman–Crippen MR) is 69.6 cm³/mol. The standard InChI is InChI=1S/C14H17FN2O2/c15-11-3-1-2-4-12(11)16-6-8-17(9-7-16)13-5-10-19-14(13)18/h1-4,13H,5-10H2. The number of hydrogen-bond acceptors (Lipinski definition) is 4. The summed E-state index contributed by atoms with van der Waals surface area (Å²) in [5, 5.41) is 0. The number of cyclic esters (lactones) is 1. The highest BCUT2D eigenvalue weighted by Crippen LogP contribution is 2.22. The molecule has 4 nitrogen and oxygen atoms in total. The van der Waals surface area contributed by atoms with E-state index < -0.39 is 0 Å². The highest BCUT2D eigenvalue weighted by molar-refractivity contribution is 5.77. The van der Waals surface area contributed by atoms with Crippen molar-refractivity contribution in [3.63, 3.8) is 0 Å². The van der Waals surface area contributed by atoms with Crippen LogP contribution >= 0.6 is 0 Å². The number of hydrogen-bond donors (Lipinski definition) is 0. The third-order valence-corrected chi connectivity index (χ3v) is 3.86. The minimum atomic E-state index is -0.184. The second kappa shape index (κ2) is 5.17. The van der Waals surface area contributed by atoms with Crippen molar-refractivity contribution in [1.29, 1.82) is 0 Å². The van der Waals surface area contributed by atoms with Crippen LogP contribution in [0, 0.1) is 5.82 Å². The van der Waals surface area contributed by atoms with Crippen molar-refractivity contribution >= 4 is 11.7 Å². The van der Waals surface area contributed by atoms with Gasteiger partial charge in [-0.2, -0.15) is 0 Å². The van der Waals surface area contributed by atoms with Gasteiger partial charge in [0, 0.05) is 32.6 Å². The lowest BCUT2D eigenvalue weighted by molar-refractivity contribution is -0.142. The normalized spacial score (nSPS) is 24.6. The van der Waals surface area contributed by atoms with Gasteiger partial charge in [0.1, 0.15) is 11.9 Å². The van der Waals surface area contributed by atoms with Crippen molar-refractivity contribution in [2.45, 2.75) is 12.5 Å². The van der Waals surface area contributed by atoms with Gasteiger partial charge in [0.2, 0.25) is 0 Å². The van der Waals surface area contributed by atoms with Gasteiger partial charge < -0.3 is 9.64 Å². The first-order chi connectivity index (χ1) is 9.25. The molecule has 5 heteroatoms. The molecule has 102 valence electrons. The van der Waals surface area contributed by atoms with Gasteiger partial charge in [-0.25, -0.2) is 4.39 Å². The van der Waals surface area contributed by atoms with Crippen LogP contribution in [0.1, 0.15) is 6.42 Å². The molecule has 1 aromatic carbocycles. The molecule has 2 aliphatic heterocycles. The van der Waals surface area contributed by atoms with Gasteiger partial charge in [0.15, 0.2) is 0 Å². The average Bonchev–Trinajstić information content (AvgIpc) is 2.86. The number of carbonyl (C=O) groups excluding carboxylic acids is 1. The van der Waals surface area contributed by atoms with E-state index in [1.807, 2.05) is 11.0 Å². The zero-order chi connectivity index (χ0) is 13.2. The molecule has 0 aliphatic carbocycles. The summed E-state index contributed by atoms with van der Waals surface area (Å²) in [6.45, 7) is 3.55. The Morgan fingerprint density at radius 1 is 1.16 bits per heavy atom. The summed E-state index contributed by atoms with van der Waals surface area (Å²) in [4.78, 5) is 15.7. The first kappa shape index (κ1) is 12.4. The SMILES string of the molecule is O=C1OCCC1N1CCN(c2ccccc2F)CC1. The van der Waals surface area contributed by atoms with Crippen LogP contribution in [0.25, 0.3) is 0 Å². The van der Waals surface area contributed by atoms with E-state index in [0.29, 0.717) is 12.3 Å². The molecule has 2 heterocycles. The summed E-state index contributed by atoms with van der Waals surface area (Å²) in [5.74, 6) is -0.296. The Balaban J connectivity index is 1.63. The molecule has 0 amide bonds. The molecule has 1 atom stereocenters. The predicted octanol–water partition coefficient (Wildman–Crippen LogP) is 1.26. The quantitative estimate of drug-likeness (QED) is 0.753. The van der Waals surface area contributed by atoms with Crippen molar-refractivity contribution in [3.8, 4) is 0 Å². The minimum absolute atomic E-state index is 0.0947. The number of anilines is 1. The largest absolute Gasteiger partial charge is 0.464 e. The van der Waals surface area contributed by atoms with Crippen molar-refractivity contribution in [3.05, 3.63) is 30.1 Å². The molecule has 3 rings (SSSR count). The topological polar surface area (TPSA) is 32.8 Å². The Bertz CT molecular complexity index is 472. The highest BCUT2D eigenvalue weighted by Gasteiger charge is 2.34. The number of nitrogens with zero attached hydrogens (tertiary/aromatic N) is 2. The zero-order valence-electron chi connectivity index (χ0n) is 10.7. The summed E-state index contributed by atoms with van der Waals surface area (Å²) < 4.78 is 18.7. The third-order valence-electron chi connectivity index (χ3n) is 3.86. The van der Waals surface area contributed by atoms with E-state index in [9.17, 15) is 9.18 Å². The Morgan fingerprint density at radius 2 is 1.89 bits per heavy atom. The lowest BCUT2D eigenvalue weighted by Gasteiger charge is -2.37. The maximum Gasteiger partial charge on any atom is 0.323 e. The van der Waals surface area contributed by atoms with Crippen LogP contribution in [-0.2, 0) is 9.53 Å². The Labute approximate surface area is 111 Å². The van der Waals surface area contributed by atoms with E-state index in [1.54, 1.807) is 12.1 Å². The van der Waals surface area contributed by atoms with Crippen molar-refractivity contribution in [2.24, 2.45) is 0 Å². The third kappa shape index (κ3) is 2.42. The number of carbonyl (C=O) groups is 1. The number of ether oxygens (including phenoxy) is 1. The number of para-hydroxylation sites is 1. The maximum atomic E-state index is 13.7. The number of piperazine rings is 1. The Hall–Kier alpha value is -1.62. The zero-order valence-corrected chi connectivity index (χ0v) is 10.7. The number of esters is 1. The van der Waals surface area contributed by atoms with Gasteiger partial charge in [-0.3, -0.25) is 9.69 Å². The summed E-state index contributed by atoms with van der Waals surface area (Å²) in [6.07, 6.45) is 0.776. The molecule has 0 aromatic heterocycles. The first-order valence-electron chi connectivity index (χ1n) is 6.66. The number of rotatable bonds is 2. The van der Waals surface area contributed by atoms with Crippen molar-refractivity contribution < 1.29 is 13.9 Å². The molecular formula is C14H17FN2O2. The van der Waals surface area contributed by atoms with Crippen LogP contribution < -0.4 is 4.90 Å². The fourth-order valence-electron chi connectivity index (χ4n) is 2.80. The van der Waals surface area contributed by atoms with Gasteiger partial charge >= 0.3 is 5.97 Å². The molecule has 0 saturated carbocycles. The Morgan fingerprint density at radius 3 is 2.53 bits per heavy atom. The van der Waals surface area contributed by atoms with Gasteiger partial charge in [0.05, 0.1) is 12.3 Å². The van der Waals surface area contributed by atoms with Crippen LogP contribution in [0.3, 0.4) is 0 Å². The van der Waals surface area contributed by atoms with Gasteiger partial charge in [0.25, 0.3) is 0 Å². The van der Waals surface area contributed by atoms with Crippen LogP contribution in [0.15, 0.2) is 24.3 Å². The smallest absolute Gasteiger partial charge is 0.323 e. The fraction of sp³-hybridized carbons (Fsp3) is 0.500. The molecule has 0 spiro atoms. The molecule has 1 unspecified atom stereocenters. The summed E-state index contributed by atoms with van der Waals surface area (Å²) in [7, 11) is 0. The molecule has 0 N–H and O–H groups in total. The molecule has 2 fully saturated rings. The number of benzene rings is 1. The molecule has 1 aromatic rings. The fourth-order valence-corrected chi connectivity index (χ4v) is 2.80. The van der Waals surface area contributed by atoms with Gasteiger partial charge in [-0.15, -0.1) is 0 Å². The Kier molecular flexibility index (Phi) is 3.38. The first-order valence-corrected chi connectivity index (χ1v) is 6.66. The van der Waals surface area contributed by atoms with E-state index in [1.165, 1.54) is 6.07 Å².